The van der Waals surface area contributed by atoms with Gasteiger partial charge in [0.2, 0.25) is 5.91 Å². The molecule has 3 atom stereocenters. The highest BCUT2D eigenvalue weighted by Gasteiger charge is 2.40. The Kier molecular flexibility index (Phi) is 4.86. The van der Waals surface area contributed by atoms with Crippen LogP contribution in [0.4, 0.5) is 8.78 Å². The summed E-state index contributed by atoms with van der Waals surface area (Å²) in [6, 6.07) is 2.70. The molecule has 150 valence electrons. The third-order valence-corrected chi connectivity index (χ3v) is 5.25. The van der Waals surface area contributed by atoms with E-state index in [0.29, 0.717) is 36.5 Å². The molecular weight excluding hydrogens is 372 g/mol. The predicted octanol–water partition coefficient (Wildman–Crippen LogP) is 0.892. The zero-order valence-electron chi connectivity index (χ0n) is 15.4. The molecule has 1 amide bonds. The van der Waals surface area contributed by atoms with E-state index in [4.69, 9.17) is 4.74 Å². The van der Waals surface area contributed by atoms with Crippen LogP contribution in [0.25, 0.3) is 0 Å². The number of rotatable bonds is 4. The molecule has 0 N–H and O–H groups in total. The summed E-state index contributed by atoms with van der Waals surface area (Å²) in [5.41, 5.74) is 0.208. The number of aryl methyl sites for hydroxylation is 1. The van der Waals surface area contributed by atoms with Gasteiger partial charge in [-0.05, 0) is 25.0 Å². The first-order chi connectivity index (χ1) is 13.5. The molecule has 2 aromatic rings. The standard InChI is InChI=1S/C18H21F2N5O3/c1-28-12-6-5-11(21-7-12)8-24-18(27)25-15(3-2-4-16(25)22-24)17(26)23-9-13(19)14(20)10-23/h5-7,13-15H,2-4,8-10H2,1H3. The van der Waals surface area contributed by atoms with E-state index in [-0.39, 0.29) is 19.6 Å². The predicted molar refractivity (Wildman–Crippen MR) is 94.7 cm³/mol. The number of alkyl halides is 2. The van der Waals surface area contributed by atoms with Crippen molar-refractivity contribution in [3.05, 3.63) is 40.3 Å². The van der Waals surface area contributed by atoms with Gasteiger partial charge in [0.1, 0.15) is 17.6 Å². The van der Waals surface area contributed by atoms with Crippen molar-refractivity contribution in [1.82, 2.24) is 24.2 Å². The van der Waals surface area contributed by atoms with Gasteiger partial charge in [0.25, 0.3) is 0 Å². The topological polar surface area (TPSA) is 82.2 Å². The number of aromatic nitrogens is 4. The van der Waals surface area contributed by atoms with Crippen LogP contribution in [0.1, 0.15) is 30.4 Å². The minimum Gasteiger partial charge on any atom is -0.495 e. The van der Waals surface area contributed by atoms with Crippen LogP contribution in [0.5, 0.6) is 5.75 Å². The Bertz CT molecular complexity index is 916. The van der Waals surface area contributed by atoms with E-state index < -0.39 is 30.0 Å². The molecule has 10 heteroatoms. The van der Waals surface area contributed by atoms with Crippen LogP contribution in [0.2, 0.25) is 0 Å². The zero-order valence-corrected chi connectivity index (χ0v) is 15.4. The second kappa shape index (κ2) is 7.33. The number of ether oxygens (including phenoxy) is 1. The number of amides is 1. The summed E-state index contributed by atoms with van der Waals surface area (Å²) < 4.78 is 34.7. The summed E-state index contributed by atoms with van der Waals surface area (Å²) in [5, 5.41) is 4.35. The van der Waals surface area contributed by atoms with Crippen LogP contribution in [0.3, 0.4) is 0 Å². The van der Waals surface area contributed by atoms with Gasteiger partial charge >= 0.3 is 5.69 Å². The van der Waals surface area contributed by atoms with Crippen LogP contribution in [-0.4, -0.2) is 62.7 Å². The molecule has 0 aliphatic carbocycles. The zero-order chi connectivity index (χ0) is 19.8. The smallest absolute Gasteiger partial charge is 0.347 e. The van der Waals surface area contributed by atoms with Crippen molar-refractivity contribution in [3.8, 4) is 5.75 Å². The van der Waals surface area contributed by atoms with Crippen molar-refractivity contribution >= 4 is 5.91 Å². The summed E-state index contributed by atoms with van der Waals surface area (Å²) in [7, 11) is 1.54. The van der Waals surface area contributed by atoms with Gasteiger partial charge in [-0.2, -0.15) is 5.10 Å². The summed E-state index contributed by atoms with van der Waals surface area (Å²) in [6.45, 7) is -0.387. The van der Waals surface area contributed by atoms with Gasteiger partial charge in [-0.1, -0.05) is 0 Å². The molecule has 3 unspecified atom stereocenters. The van der Waals surface area contributed by atoms with E-state index in [2.05, 4.69) is 10.1 Å². The van der Waals surface area contributed by atoms with Gasteiger partial charge in [-0.3, -0.25) is 14.3 Å². The molecule has 0 aromatic carbocycles. The number of hydrogen-bond acceptors (Lipinski definition) is 5. The fraction of sp³-hybridized carbons (Fsp3) is 0.556. The molecule has 0 spiro atoms. The first kappa shape index (κ1) is 18.6. The number of methoxy groups -OCH3 is 1. The SMILES string of the molecule is COc1ccc(Cn2nc3n(c2=O)C(C(=O)N2CC(F)C(F)C2)CCC3)nc1. The van der Waals surface area contributed by atoms with Crippen molar-refractivity contribution in [2.45, 2.75) is 44.2 Å². The number of fused-ring (bicyclic) bond motifs is 1. The third-order valence-electron chi connectivity index (χ3n) is 5.25. The highest BCUT2D eigenvalue weighted by Crippen LogP contribution is 2.27. The van der Waals surface area contributed by atoms with E-state index in [1.54, 1.807) is 25.4 Å². The maximum Gasteiger partial charge on any atom is 0.347 e. The number of nitrogens with zero attached hydrogens (tertiary/aromatic N) is 5. The maximum atomic E-state index is 13.5. The average Bonchev–Trinajstić information content (AvgIpc) is 3.21. The molecule has 2 aromatic heterocycles. The van der Waals surface area contributed by atoms with Gasteiger partial charge in [0.05, 0.1) is 38.6 Å². The van der Waals surface area contributed by atoms with Crippen molar-refractivity contribution in [2.24, 2.45) is 0 Å². The Labute approximate surface area is 159 Å². The molecule has 4 rings (SSSR count). The molecule has 0 bridgehead atoms. The lowest BCUT2D eigenvalue weighted by atomic mass is 10.0. The number of hydrogen-bond donors (Lipinski definition) is 0. The Morgan fingerprint density at radius 1 is 1.29 bits per heavy atom. The minimum atomic E-state index is -1.67. The highest BCUT2D eigenvalue weighted by molar-refractivity contribution is 5.81. The lowest BCUT2D eigenvalue weighted by Gasteiger charge is -2.26. The molecule has 2 aliphatic rings. The minimum absolute atomic E-state index is 0.159. The first-order valence-electron chi connectivity index (χ1n) is 9.22. The number of halogens is 2. The molecule has 1 fully saturated rings. The lowest BCUT2D eigenvalue weighted by molar-refractivity contribution is -0.134. The quantitative estimate of drug-likeness (QED) is 0.771. The molecule has 0 radical (unpaired) electrons. The van der Waals surface area contributed by atoms with E-state index >= 15 is 0 Å². The van der Waals surface area contributed by atoms with Gasteiger partial charge in [-0.15, -0.1) is 0 Å². The maximum absolute atomic E-state index is 13.5. The van der Waals surface area contributed by atoms with E-state index in [1.807, 2.05) is 0 Å². The van der Waals surface area contributed by atoms with E-state index in [0.717, 1.165) is 0 Å². The van der Waals surface area contributed by atoms with Gasteiger partial charge in [-0.25, -0.2) is 18.3 Å². The summed E-state index contributed by atoms with van der Waals surface area (Å²) in [6.07, 6.45) is -0.0984. The second-order valence-corrected chi connectivity index (χ2v) is 7.10. The average molecular weight is 393 g/mol. The van der Waals surface area contributed by atoms with Gasteiger partial charge in [0, 0.05) is 6.42 Å². The first-order valence-corrected chi connectivity index (χ1v) is 9.22. The van der Waals surface area contributed by atoms with Crippen molar-refractivity contribution in [2.75, 3.05) is 20.2 Å². The number of carbonyl (C=O) groups excluding carboxylic acids is 1. The van der Waals surface area contributed by atoms with Crippen LogP contribution < -0.4 is 10.4 Å². The molecule has 1 saturated heterocycles. The summed E-state index contributed by atoms with van der Waals surface area (Å²) >= 11 is 0. The molecular formula is C18H21F2N5O3. The molecule has 2 aliphatic heterocycles. The monoisotopic (exact) mass is 393 g/mol. The van der Waals surface area contributed by atoms with Crippen LogP contribution in [0, 0.1) is 0 Å². The highest BCUT2D eigenvalue weighted by atomic mass is 19.2. The summed E-state index contributed by atoms with van der Waals surface area (Å²) in [4.78, 5) is 31.1. The Hall–Kier alpha value is -2.78. The van der Waals surface area contributed by atoms with E-state index in [1.165, 1.54) is 14.1 Å². The van der Waals surface area contributed by atoms with Crippen molar-refractivity contribution in [3.63, 3.8) is 0 Å². The Balaban J connectivity index is 1.59. The molecule has 4 heterocycles. The molecule has 0 saturated carbocycles. The molecule has 8 nitrogen and oxygen atoms in total. The third kappa shape index (κ3) is 3.27. The molecule has 28 heavy (non-hydrogen) atoms. The Morgan fingerprint density at radius 3 is 2.68 bits per heavy atom. The van der Waals surface area contributed by atoms with Crippen LogP contribution in [-0.2, 0) is 17.8 Å². The fourth-order valence-corrected chi connectivity index (χ4v) is 3.76. The normalized spacial score (nSPS) is 24.2. The van der Waals surface area contributed by atoms with Crippen molar-refractivity contribution < 1.29 is 18.3 Å². The van der Waals surface area contributed by atoms with Gasteiger partial charge in [0.15, 0.2) is 12.3 Å². The fourth-order valence-electron chi connectivity index (χ4n) is 3.76. The Morgan fingerprint density at radius 2 is 2.04 bits per heavy atom. The van der Waals surface area contributed by atoms with Crippen LogP contribution in [0.15, 0.2) is 23.1 Å². The van der Waals surface area contributed by atoms with E-state index in [9.17, 15) is 18.4 Å². The number of carbonyl (C=O) groups is 1. The number of pyridine rings is 1. The van der Waals surface area contributed by atoms with Gasteiger partial charge < -0.3 is 9.64 Å². The summed E-state index contributed by atoms with van der Waals surface area (Å²) in [5.74, 6) is 0.692. The largest absolute Gasteiger partial charge is 0.495 e. The van der Waals surface area contributed by atoms with Crippen molar-refractivity contribution in [1.29, 1.82) is 0 Å². The number of likely N-dealkylation sites (tertiary alicyclic amines) is 1. The van der Waals surface area contributed by atoms with Crippen LogP contribution >= 0.6 is 0 Å². The lowest BCUT2D eigenvalue weighted by Crippen LogP contribution is -2.42. The second-order valence-electron chi connectivity index (χ2n) is 7.10.